The second-order valence-electron chi connectivity index (χ2n) is 9.59. The van der Waals surface area contributed by atoms with E-state index in [1.807, 2.05) is 0 Å². The van der Waals surface area contributed by atoms with Gasteiger partial charge in [-0.25, -0.2) is 9.18 Å². The van der Waals surface area contributed by atoms with Crippen LogP contribution in [-0.2, 0) is 10.9 Å². The maximum Gasteiger partial charge on any atom is 0.416 e. The number of alkyl halides is 3. The van der Waals surface area contributed by atoms with Crippen LogP contribution >= 0.6 is 0 Å². The highest BCUT2D eigenvalue weighted by Gasteiger charge is 2.32. The quantitative estimate of drug-likeness (QED) is 0.281. The number of ether oxygens (including phenoxy) is 2. The molecule has 7 nitrogen and oxygen atoms in total. The van der Waals surface area contributed by atoms with Crippen LogP contribution < -0.4 is 4.74 Å². The van der Waals surface area contributed by atoms with Crippen molar-refractivity contribution in [1.82, 2.24) is 19.9 Å². The lowest BCUT2D eigenvalue weighted by Gasteiger charge is -2.24. The van der Waals surface area contributed by atoms with Gasteiger partial charge in [0.15, 0.2) is 0 Å². The molecule has 0 unspecified atom stereocenters. The van der Waals surface area contributed by atoms with Gasteiger partial charge in [-0.2, -0.15) is 13.2 Å². The number of amides is 1. The van der Waals surface area contributed by atoms with Crippen molar-refractivity contribution in [2.45, 2.75) is 32.5 Å². The minimum atomic E-state index is -4.66. The van der Waals surface area contributed by atoms with Gasteiger partial charge in [0.2, 0.25) is 0 Å². The molecule has 200 valence electrons. The van der Waals surface area contributed by atoms with Crippen LogP contribution in [0.15, 0.2) is 55.0 Å². The first-order valence-electron chi connectivity index (χ1n) is 11.7. The lowest BCUT2D eigenvalue weighted by molar-refractivity contribution is -0.137. The third-order valence-electron chi connectivity index (χ3n) is 5.56. The maximum atomic E-state index is 15.0. The number of fused-ring (bicyclic) bond motifs is 1. The summed E-state index contributed by atoms with van der Waals surface area (Å²) in [5.41, 5.74) is -0.184. The number of nitrogens with one attached hydrogen (secondary N) is 1. The Morgan fingerprint density at radius 3 is 2.55 bits per heavy atom. The lowest BCUT2D eigenvalue weighted by Crippen LogP contribution is -2.36. The molecule has 11 heteroatoms. The van der Waals surface area contributed by atoms with E-state index in [0.717, 1.165) is 12.1 Å². The van der Waals surface area contributed by atoms with Crippen molar-refractivity contribution in [3.05, 3.63) is 66.4 Å². The van der Waals surface area contributed by atoms with Gasteiger partial charge in [-0.3, -0.25) is 9.97 Å². The number of pyridine rings is 2. The highest BCUT2D eigenvalue weighted by Crippen LogP contribution is 2.43. The Morgan fingerprint density at radius 1 is 1.08 bits per heavy atom. The van der Waals surface area contributed by atoms with Gasteiger partial charge in [-0.15, -0.1) is 0 Å². The number of aromatic amines is 1. The lowest BCUT2D eigenvalue weighted by atomic mass is 9.98. The molecular weight excluding hydrogens is 504 g/mol. The van der Waals surface area contributed by atoms with Crippen LogP contribution in [0.1, 0.15) is 26.3 Å². The first-order chi connectivity index (χ1) is 17.8. The fraction of sp³-hybridized carbons (Fsp3) is 0.296. The van der Waals surface area contributed by atoms with Crippen LogP contribution in [0.3, 0.4) is 0 Å². The Balaban J connectivity index is 1.72. The van der Waals surface area contributed by atoms with Gasteiger partial charge >= 0.3 is 12.3 Å². The molecule has 0 bridgehead atoms. The summed E-state index contributed by atoms with van der Waals surface area (Å²) < 4.78 is 66.7. The molecule has 3 aromatic heterocycles. The number of nitrogens with zero attached hydrogens (tertiary/aromatic N) is 3. The van der Waals surface area contributed by atoms with E-state index >= 15 is 4.39 Å². The molecule has 0 radical (unpaired) electrons. The van der Waals surface area contributed by atoms with E-state index in [2.05, 4.69) is 15.0 Å². The Bertz CT molecular complexity index is 1460. The predicted molar refractivity (Wildman–Crippen MR) is 134 cm³/mol. The van der Waals surface area contributed by atoms with Crippen LogP contribution in [0.4, 0.5) is 22.4 Å². The molecular formula is C27H26F4N4O3. The fourth-order valence-corrected chi connectivity index (χ4v) is 3.80. The standard InChI is InChI=1S/C27H26F4N4O3/c1-26(2,3)38-25(36)35(4)12-13-37-21-15-32-11-9-17(21)23-22(24-20(34-23)6-5-10-33-24)18-14-16(27(29,30)31)7-8-19(18)28/h5-11,14-15,34H,12-13H2,1-4H3. The van der Waals surface area contributed by atoms with Crippen LogP contribution in [0.2, 0.25) is 0 Å². The Kier molecular flexibility index (Phi) is 7.30. The zero-order chi connectivity index (χ0) is 27.7. The second-order valence-corrected chi connectivity index (χ2v) is 9.59. The maximum absolute atomic E-state index is 15.0. The number of carbonyl (C=O) groups excluding carboxylic acids is 1. The Labute approximate surface area is 216 Å². The third kappa shape index (κ3) is 5.87. The summed E-state index contributed by atoms with van der Waals surface area (Å²) in [4.78, 5) is 25.1. The van der Waals surface area contributed by atoms with E-state index in [9.17, 15) is 18.0 Å². The van der Waals surface area contributed by atoms with Gasteiger partial charge in [0.05, 0.1) is 35.0 Å². The van der Waals surface area contributed by atoms with Crippen molar-refractivity contribution in [2.24, 2.45) is 0 Å². The topological polar surface area (TPSA) is 80.3 Å². The summed E-state index contributed by atoms with van der Waals surface area (Å²) >= 11 is 0. The molecule has 0 aliphatic carbocycles. The molecule has 4 aromatic rings. The number of carbonyl (C=O) groups is 1. The summed E-state index contributed by atoms with van der Waals surface area (Å²) in [5, 5.41) is 0. The molecule has 3 heterocycles. The van der Waals surface area contributed by atoms with Crippen molar-refractivity contribution < 1.29 is 31.8 Å². The van der Waals surface area contributed by atoms with Gasteiger partial charge in [-0.05, 0) is 57.2 Å². The van der Waals surface area contributed by atoms with Crippen molar-refractivity contribution in [2.75, 3.05) is 20.2 Å². The first kappa shape index (κ1) is 26.9. The van der Waals surface area contributed by atoms with E-state index in [1.165, 1.54) is 23.5 Å². The monoisotopic (exact) mass is 530 g/mol. The molecule has 0 saturated carbocycles. The summed E-state index contributed by atoms with van der Waals surface area (Å²) in [6, 6.07) is 7.22. The molecule has 0 spiro atoms. The third-order valence-corrected chi connectivity index (χ3v) is 5.56. The summed E-state index contributed by atoms with van der Waals surface area (Å²) in [6.07, 6.45) is -0.774. The molecule has 1 aromatic carbocycles. The minimum Gasteiger partial charge on any atom is -0.489 e. The van der Waals surface area contributed by atoms with Crippen molar-refractivity contribution in [3.63, 3.8) is 0 Å². The fourth-order valence-electron chi connectivity index (χ4n) is 3.80. The van der Waals surface area contributed by atoms with Gasteiger partial charge in [0.25, 0.3) is 0 Å². The molecule has 1 N–H and O–H groups in total. The van der Waals surface area contributed by atoms with Crippen LogP contribution in [0.25, 0.3) is 33.4 Å². The van der Waals surface area contributed by atoms with E-state index in [0.29, 0.717) is 28.4 Å². The van der Waals surface area contributed by atoms with Gasteiger partial charge < -0.3 is 19.4 Å². The molecule has 0 fully saturated rings. The number of benzene rings is 1. The van der Waals surface area contributed by atoms with Gasteiger partial charge in [-0.1, -0.05) is 0 Å². The molecule has 38 heavy (non-hydrogen) atoms. The summed E-state index contributed by atoms with van der Waals surface area (Å²) in [6.45, 7) is 5.54. The zero-order valence-electron chi connectivity index (χ0n) is 21.2. The number of hydrogen-bond donors (Lipinski definition) is 1. The molecule has 0 aliphatic heterocycles. The van der Waals surface area contributed by atoms with Crippen molar-refractivity contribution >= 4 is 17.1 Å². The second kappa shape index (κ2) is 10.3. The van der Waals surface area contributed by atoms with Crippen molar-refractivity contribution in [3.8, 4) is 28.1 Å². The average Bonchev–Trinajstić information content (AvgIpc) is 3.22. The normalized spacial score (nSPS) is 12.0. The predicted octanol–water partition coefficient (Wildman–Crippen LogP) is 6.70. The smallest absolute Gasteiger partial charge is 0.416 e. The highest BCUT2D eigenvalue weighted by atomic mass is 19.4. The van der Waals surface area contributed by atoms with Crippen LogP contribution in [0.5, 0.6) is 5.75 Å². The van der Waals surface area contributed by atoms with E-state index in [1.54, 1.807) is 46.0 Å². The van der Waals surface area contributed by atoms with Gasteiger partial charge in [0.1, 0.15) is 23.8 Å². The Morgan fingerprint density at radius 2 is 1.84 bits per heavy atom. The van der Waals surface area contributed by atoms with E-state index < -0.39 is 29.3 Å². The molecule has 0 aliphatic rings. The summed E-state index contributed by atoms with van der Waals surface area (Å²) in [5.74, 6) is -0.549. The van der Waals surface area contributed by atoms with Crippen LogP contribution in [-0.4, -0.2) is 51.7 Å². The number of halogens is 4. The van der Waals surface area contributed by atoms with E-state index in [-0.39, 0.29) is 30.0 Å². The van der Waals surface area contributed by atoms with E-state index in [4.69, 9.17) is 9.47 Å². The SMILES string of the molecule is CN(CCOc1cnccc1-c1[nH]c2cccnc2c1-c1cc(C(F)(F)F)ccc1F)C(=O)OC(C)(C)C. The van der Waals surface area contributed by atoms with Crippen molar-refractivity contribution in [1.29, 1.82) is 0 Å². The minimum absolute atomic E-state index is 0.0696. The zero-order valence-corrected chi connectivity index (χ0v) is 21.2. The van der Waals surface area contributed by atoms with Crippen LogP contribution in [0, 0.1) is 5.82 Å². The summed E-state index contributed by atoms with van der Waals surface area (Å²) in [7, 11) is 1.57. The number of hydrogen-bond acceptors (Lipinski definition) is 5. The number of rotatable bonds is 6. The number of aromatic nitrogens is 3. The molecule has 0 atom stereocenters. The first-order valence-corrected chi connectivity index (χ1v) is 11.7. The number of likely N-dealkylation sites (N-methyl/N-ethyl adjacent to an activating group) is 1. The van der Waals surface area contributed by atoms with Gasteiger partial charge in [0, 0.05) is 36.1 Å². The molecule has 1 amide bonds. The average molecular weight is 531 g/mol. The molecule has 4 rings (SSSR count). The number of H-pyrrole nitrogens is 1. The highest BCUT2D eigenvalue weighted by molar-refractivity contribution is 6.02. The Hall–Kier alpha value is -4.15. The molecule has 0 saturated heterocycles. The largest absolute Gasteiger partial charge is 0.489 e.